The number of halogens is 1. The van der Waals surface area contributed by atoms with Crippen molar-refractivity contribution in [1.82, 2.24) is 0 Å². The normalized spacial score (nSPS) is 6.79. The monoisotopic (exact) mass is 299 g/mol. The zero-order valence-electron chi connectivity index (χ0n) is 8.74. The molecule has 3 N–H and O–H groups in total. The Labute approximate surface area is 106 Å². The Morgan fingerprint density at radius 2 is 1.21 bits per heavy atom. The average Bonchev–Trinajstić information content (AvgIpc) is 2.79. The zero-order chi connectivity index (χ0) is 11.1. The standard InChI is InChI=1S/C5H6FSi.3CH4O.Zr/c6-7-5-3-1-2-4-5;3*1-2;/h1-4H,7H2;3*2H,1H3;/q-1;;;;. The molecule has 0 bridgehead atoms. The second-order valence-electron chi connectivity index (χ2n) is 1.43. The second kappa shape index (κ2) is 29.2. The maximum Gasteiger partial charge on any atom is 0.189 e. The number of aliphatic hydroxyl groups excluding tert-OH is 3. The number of rotatable bonds is 1. The van der Waals surface area contributed by atoms with Crippen LogP contribution in [0.25, 0.3) is 0 Å². The number of hydrogen-bond acceptors (Lipinski definition) is 3. The Balaban J connectivity index is -0.0000000625. The van der Waals surface area contributed by atoms with Crippen LogP contribution in [0.15, 0.2) is 24.3 Å². The minimum Gasteiger partial charge on any atom is -0.400 e. The zero-order valence-corrected chi connectivity index (χ0v) is 12.6. The molecule has 0 unspecified atom stereocenters. The molecule has 0 fully saturated rings. The first-order valence-electron chi connectivity index (χ1n) is 3.54. The molecule has 0 radical (unpaired) electrons. The average molecular weight is 301 g/mol. The van der Waals surface area contributed by atoms with Crippen LogP contribution in [0, 0.1) is 0 Å². The molecule has 0 atom stereocenters. The summed E-state index contributed by atoms with van der Waals surface area (Å²) >= 11 is 0. The largest absolute Gasteiger partial charge is 0.400 e. The van der Waals surface area contributed by atoms with Crippen LogP contribution in [0.5, 0.6) is 0 Å². The minimum absolute atomic E-state index is 0. The van der Waals surface area contributed by atoms with E-state index in [1.54, 1.807) is 0 Å². The third kappa shape index (κ3) is 18.1. The first kappa shape index (κ1) is 23.8. The Morgan fingerprint density at radius 3 is 1.36 bits per heavy atom. The first-order chi connectivity index (χ1) is 6.43. The predicted molar refractivity (Wildman–Crippen MR) is 55.7 cm³/mol. The van der Waals surface area contributed by atoms with E-state index in [0.29, 0.717) is 0 Å². The van der Waals surface area contributed by atoms with Gasteiger partial charge in [-0.2, -0.15) is 12.1 Å². The smallest absolute Gasteiger partial charge is 0.189 e. The van der Waals surface area contributed by atoms with Gasteiger partial charge in [-0.1, -0.05) is 0 Å². The topological polar surface area (TPSA) is 60.7 Å². The van der Waals surface area contributed by atoms with Crippen molar-refractivity contribution in [2.45, 2.75) is 0 Å². The van der Waals surface area contributed by atoms with Crippen LogP contribution < -0.4 is 5.19 Å². The van der Waals surface area contributed by atoms with Crippen molar-refractivity contribution in [3.8, 4) is 0 Å². The molecule has 0 aliphatic rings. The van der Waals surface area contributed by atoms with Crippen molar-refractivity contribution >= 4 is 15.0 Å². The van der Waals surface area contributed by atoms with Crippen LogP contribution in [0.1, 0.15) is 0 Å². The molecular formula is C8H18FO3SiZr-. The van der Waals surface area contributed by atoms with Gasteiger partial charge in [0.1, 0.15) is 0 Å². The van der Waals surface area contributed by atoms with Crippen molar-refractivity contribution in [2.24, 2.45) is 0 Å². The molecule has 0 spiro atoms. The van der Waals surface area contributed by atoms with Crippen LogP contribution in [0.4, 0.5) is 4.11 Å². The fraction of sp³-hybridized carbons (Fsp3) is 0.375. The van der Waals surface area contributed by atoms with E-state index in [2.05, 4.69) is 0 Å². The van der Waals surface area contributed by atoms with E-state index >= 15 is 0 Å². The van der Waals surface area contributed by atoms with Crippen LogP contribution in [0.2, 0.25) is 0 Å². The summed E-state index contributed by atoms with van der Waals surface area (Å²) in [5, 5.41) is 21.9. The summed E-state index contributed by atoms with van der Waals surface area (Å²) < 4.78 is 11.7. The SMILES string of the molecule is CO.CO.CO.F[SiH2][c-]1cccc1.[Zr]. The third-order valence-electron chi connectivity index (χ3n) is 0.886. The van der Waals surface area contributed by atoms with Crippen molar-refractivity contribution in [2.75, 3.05) is 21.3 Å². The van der Waals surface area contributed by atoms with E-state index < -0.39 is 9.85 Å². The van der Waals surface area contributed by atoms with Gasteiger partial charge in [0.15, 0.2) is 9.85 Å². The summed E-state index contributed by atoms with van der Waals surface area (Å²) in [5.41, 5.74) is 0. The summed E-state index contributed by atoms with van der Waals surface area (Å²) in [6, 6.07) is 7.38. The van der Waals surface area contributed by atoms with Gasteiger partial charge in [-0.05, 0) is 0 Å². The van der Waals surface area contributed by atoms with Crippen LogP contribution >= 0.6 is 0 Å². The molecule has 84 valence electrons. The fourth-order valence-electron chi connectivity index (χ4n) is 0.503. The Bertz CT molecular complexity index is 139. The first-order valence-corrected chi connectivity index (χ1v) is 4.78. The van der Waals surface area contributed by atoms with Gasteiger partial charge >= 0.3 is 0 Å². The predicted octanol–water partition coefficient (Wildman–Crippen LogP) is -1.09. The summed E-state index contributed by atoms with van der Waals surface area (Å²) in [6.07, 6.45) is 0. The summed E-state index contributed by atoms with van der Waals surface area (Å²) in [5.74, 6) is 0. The summed E-state index contributed by atoms with van der Waals surface area (Å²) in [7, 11) is 1.63. The van der Waals surface area contributed by atoms with Gasteiger partial charge in [0.25, 0.3) is 0 Å². The van der Waals surface area contributed by atoms with Crippen molar-refractivity contribution in [3.05, 3.63) is 24.3 Å². The van der Waals surface area contributed by atoms with Crippen molar-refractivity contribution in [3.63, 3.8) is 0 Å². The molecule has 6 heteroatoms. The summed E-state index contributed by atoms with van der Waals surface area (Å²) in [6.45, 7) is 0. The van der Waals surface area contributed by atoms with Crippen LogP contribution in [-0.2, 0) is 26.2 Å². The van der Waals surface area contributed by atoms with Gasteiger partial charge in [0.05, 0.1) is 0 Å². The van der Waals surface area contributed by atoms with Crippen LogP contribution in [0.3, 0.4) is 0 Å². The number of hydrogen-bond donors (Lipinski definition) is 3. The second-order valence-corrected chi connectivity index (χ2v) is 2.51. The van der Waals surface area contributed by atoms with Gasteiger partial charge in [-0.25, -0.2) is 12.1 Å². The van der Waals surface area contributed by atoms with E-state index in [1.165, 1.54) is 0 Å². The Morgan fingerprint density at radius 1 is 0.929 bits per heavy atom. The number of aliphatic hydroxyl groups is 3. The van der Waals surface area contributed by atoms with Gasteiger partial charge in [0.2, 0.25) is 0 Å². The summed E-state index contributed by atoms with van der Waals surface area (Å²) in [4.78, 5) is 0. The van der Waals surface area contributed by atoms with Crippen molar-refractivity contribution < 1.29 is 45.6 Å². The van der Waals surface area contributed by atoms with Crippen LogP contribution in [-0.4, -0.2) is 46.5 Å². The van der Waals surface area contributed by atoms with E-state index in [0.717, 1.165) is 26.5 Å². The fourth-order valence-corrected chi connectivity index (χ4v) is 0.953. The molecule has 0 aliphatic carbocycles. The molecule has 1 aromatic carbocycles. The molecule has 1 aromatic rings. The van der Waals surface area contributed by atoms with Gasteiger partial charge < -0.3 is 19.4 Å². The molecule has 3 nitrogen and oxygen atoms in total. The molecule has 1 rings (SSSR count). The molecule has 14 heavy (non-hydrogen) atoms. The molecular weight excluding hydrogens is 282 g/mol. The quantitative estimate of drug-likeness (QED) is 0.351. The third-order valence-corrected chi connectivity index (χ3v) is 1.67. The van der Waals surface area contributed by atoms with E-state index in [-0.39, 0.29) is 26.2 Å². The van der Waals surface area contributed by atoms with Gasteiger partial charge in [-0.15, -0.1) is 5.19 Å². The molecule has 0 amide bonds. The molecule has 0 saturated heterocycles. The molecule has 0 heterocycles. The molecule has 0 saturated carbocycles. The Hall–Kier alpha value is 0.260. The molecule has 0 aromatic heterocycles. The Kier molecular flexibility index (Phi) is 49.7. The van der Waals surface area contributed by atoms with E-state index in [4.69, 9.17) is 15.3 Å². The van der Waals surface area contributed by atoms with Gasteiger partial charge in [0, 0.05) is 47.5 Å². The maximum atomic E-state index is 11.7. The van der Waals surface area contributed by atoms with Gasteiger partial charge in [-0.3, -0.25) is 0 Å². The van der Waals surface area contributed by atoms with E-state index in [9.17, 15) is 4.11 Å². The molecule has 0 aliphatic heterocycles. The van der Waals surface area contributed by atoms with E-state index in [1.807, 2.05) is 24.3 Å². The maximum absolute atomic E-state index is 11.7. The minimum atomic E-state index is -1.37. The van der Waals surface area contributed by atoms with Crippen molar-refractivity contribution in [1.29, 1.82) is 0 Å².